The number of hydrogen-bond acceptors (Lipinski definition) is 4. The number of aryl methyl sites for hydroxylation is 2. The lowest BCUT2D eigenvalue weighted by Gasteiger charge is -2.31. The zero-order valence-electron chi connectivity index (χ0n) is 13.9. The summed E-state index contributed by atoms with van der Waals surface area (Å²) in [4.78, 5) is 25.4. The van der Waals surface area contributed by atoms with Crippen molar-refractivity contribution in [3.63, 3.8) is 0 Å². The molecule has 1 aliphatic rings. The van der Waals surface area contributed by atoms with Crippen LogP contribution in [0.25, 0.3) is 0 Å². The van der Waals surface area contributed by atoms with Gasteiger partial charge in [-0.05, 0) is 55.2 Å². The third kappa shape index (κ3) is 3.24. The van der Waals surface area contributed by atoms with Crippen molar-refractivity contribution in [2.75, 3.05) is 18.6 Å². The van der Waals surface area contributed by atoms with Gasteiger partial charge >= 0.3 is 5.69 Å². The van der Waals surface area contributed by atoms with Crippen molar-refractivity contribution < 1.29 is 14.5 Å². The molecule has 2 aromatic carbocycles. The minimum atomic E-state index is -0.540. The first kappa shape index (κ1) is 17.4. The maximum atomic E-state index is 13.0. The molecule has 2 aromatic rings. The Balaban J connectivity index is 2.04. The average molecular weight is 405 g/mol. The summed E-state index contributed by atoms with van der Waals surface area (Å²) in [5, 5.41) is 11.2. The number of anilines is 1. The Labute approximate surface area is 153 Å². The molecule has 0 unspecified atom stereocenters. The van der Waals surface area contributed by atoms with Crippen molar-refractivity contribution in [3.8, 4) is 5.75 Å². The molecule has 0 saturated heterocycles. The number of halogens is 1. The first-order valence-corrected chi connectivity index (χ1v) is 8.65. The van der Waals surface area contributed by atoms with E-state index in [1.165, 1.54) is 19.2 Å². The van der Waals surface area contributed by atoms with Gasteiger partial charge < -0.3 is 9.64 Å². The van der Waals surface area contributed by atoms with E-state index in [0.29, 0.717) is 6.54 Å². The molecule has 3 rings (SSSR count). The van der Waals surface area contributed by atoms with Gasteiger partial charge in [0.05, 0.1) is 17.7 Å². The summed E-state index contributed by atoms with van der Waals surface area (Å²) in [5.74, 6) is -0.0992. The third-order valence-corrected chi connectivity index (χ3v) is 4.77. The summed E-state index contributed by atoms with van der Waals surface area (Å²) in [7, 11) is 1.37. The molecule has 0 saturated carbocycles. The molecule has 1 amide bonds. The van der Waals surface area contributed by atoms with Crippen LogP contribution < -0.4 is 9.64 Å². The number of benzene rings is 2. The van der Waals surface area contributed by atoms with Gasteiger partial charge in [-0.1, -0.05) is 15.9 Å². The molecule has 0 atom stereocenters. The zero-order valence-corrected chi connectivity index (χ0v) is 15.5. The summed E-state index contributed by atoms with van der Waals surface area (Å²) < 4.78 is 5.99. The normalized spacial score (nSPS) is 13.3. The fourth-order valence-corrected chi connectivity index (χ4v) is 3.87. The molecule has 1 aliphatic heterocycles. The van der Waals surface area contributed by atoms with Crippen LogP contribution in [0.5, 0.6) is 5.75 Å². The van der Waals surface area contributed by atoms with Crippen molar-refractivity contribution in [3.05, 3.63) is 61.6 Å². The van der Waals surface area contributed by atoms with E-state index >= 15 is 0 Å². The van der Waals surface area contributed by atoms with Crippen LogP contribution in [0.3, 0.4) is 0 Å². The zero-order chi connectivity index (χ0) is 18.1. The molecule has 6 nitrogen and oxygen atoms in total. The summed E-state index contributed by atoms with van der Waals surface area (Å²) in [6.45, 7) is 2.56. The monoisotopic (exact) mass is 404 g/mol. The van der Waals surface area contributed by atoms with Gasteiger partial charge in [-0.25, -0.2) is 0 Å². The van der Waals surface area contributed by atoms with E-state index in [4.69, 9.17) is 4.74 Å². The van der Waals surface area contributed by atoms with E-state index in [1.54, 1.807) is 11.0 Å². The van der Waals surface area contributed by atoms with Crippen LogP contribution in [-0.2, 0) is 6.42 Å². The number of carbonyl (C=O) groups excluding carboxylic acids is 1. The van der Waals surface area contributed by atoms with Gasteiger partial charge in [0.2, 0.25) is 0 Å². The minimum Gasteiger partial charge on any atom is -0.490 e. The highest BCUT2D eigenvalue weighted by Gasteiger charge is 2.27. The molecular formula is C18H17BrN2O4. The van der Waals surface area contributed by atoms with Crippen molar-refractivity contribution in [2.45, 2.75) is 19.8 Å². The number of carbonyl (C=O) groups is 1. The number of fused-ring (bicyclic) bond motifs is 1. The van der Waals surface area contributed by atoms with Crippen LogP contribution in [0.2, 0.25) is 0 Å². The predicted octanol–water partition coefficient (Wildman–Crippen LogP) is 4.27. The van der Waals surface area contributed by atoms with Crippen LogP contribution in [0.15, 0.2) is 34.8 Å². The molecule has 0 aromatic heterocycles. The Morgan fingerprint density at radius 2 is 2.08 bits per heavy atom. The van der Waals surface area contributed by atoms with Crippen molar-refractivity contribution in [1.29, 1.82) is 0 Å². The number of rotatable bonds is 3. The largest absolute Gasteiger partial charge is 0.490 e. The Kier molecular flexibility index (Phi) is 4.76. The summed E-state index contributed by atoms with van der Waals surface area (Å²) in [6.07, 6.45) is 1.76. The number of methoxy groups -OCH3 is 1. The summed E-state index contributed by atoms with van der Waals surface area (Å²) >= 11 is 3.49. The molecule has 0 aliphatic carbocycles. The molecule has 0 fully saturated rings. The number of hydrogen-bond donors (Lipinski definition) is 0. The van der Waals surface area contributed by atoms with Gasteiger partial charge in [-0.15, -0.1) is 0 Å². The third-order valence-electron chi connectivity index (χ3n) is 4.31. The van der Waals surface area contributed by atoms with E-state index in [9.17, 15) is 14.9 Å². The van der Waals surface area contributed by atoms with Crippen LogP contribution >= 0.6 is 15.9 Å². The van der Waals surface area contributed by atoms with Gasteiger partial charge in [0.15, 0.2) is 5.75 Å². The van der Waals surface area contributed by atoms with Crippen LogP contribution in [0, 0.1) is 17.0 Å². The second-order valence-electron chi connectivity index (χ2n) is 5.93. The molecular weight excluding hydrogens is 388 g/mol. The molecule has 0 spiro atoms. The molecule has 0 N–H and O–H groups in total. The molecule has 0 bridgehead atoms. The minimum absolute atomic E-state index is 0.140. The van der Waals surface area contributed by atoms with Crippen LogP contribution in [0.4, 0.5) is 11.4 Å². The molecule has 1 heterocycles. The Bertz CT molecular complexity index is 866. The van der Waals surface area contributed by atoms with Crippen LogP contribution in [0.1, 0.15) is 27.9 Å². The van der Waals surface area contributed by atoms with Crippen molar-refractivity contribution in [1.82, 2.24) is 0 Å². The number of ether oxygens (including phenoxy) is 1. The second-order valence-corrected chi connectivity index (χ2v) is 6.85. The highest BCUT2D eigenvalue weighted by Crippen LogP contribution is 2.35. The SMILES string of the molecule is COc1ccc(C(=O)N2CCCc3cc(Br)cc(C)c32)cc1[N+](=O)[O-]. The maximum Gasteiger partial charge on any atom is 0.311 e. The lowest BCUT2D eigenvalue weighted by molar-refractivity contribution is -0.385. The number of nitro groups is 1. The van der Waals surface area contributed by atoms with Gasteiger partial charge in [0.1, 0.15) is 0 Å². The van der Waals surface area contributed by atoms with Gasteiger partial charge in [-0.3, -0.25) is 14.9 Å². The summed E-state index contributed by atoms with van der Waals surface area (Å²) in [6, 6.07) is 8.31. The fourth-order valence-electron chi connectivity index (χ4n) is 3.25. The molecule has 130 valence electrons. The predicted molar refractivity (Wildman–Crippen MR) is 98.5 cm³/mol. The van der Waals surface area contributed by atoms with E-state index < -0.39 is 4.92 Å². The highest BCUT2D eigenvalue weighted by molar-refractivity contribution is 9.10. The average Bonchev–Trinajstić information content (AvgIpc) is 2.59. The van der Waals surface area contributed by atoms with E-state index in [-0.39, 0.29) is 22.9 Å². The Morgan fingerprint density at radius 3 is 2.76 bits per heavy atom. The molecule has 7 heteroatoms. The number of nitro benzene ring substituents is 1. The summed E-state index contributed by atoms with van der Waals surface area (Å²) in [5.41, 5.74) is 3.08. The number of amides is 1. The topological polar surface area (TPSA) is 72.7 Å². The Hall–Kier alpha value is -2.41. The van der Waals surface area contributed by atoms with E-state index in [1.807, 2.05) is 19.1 Å². The van der Waals surface area contributed by atoms with E-state index in [0.717, 1.165) is 34.1 Å². The smallest absolute Gasteiger partial charge is 0.311 e. The lowest BCUT2D eigenvalue weighted by Crippen LogP contribution is -2.36. The van der Waals surface area contributed by atoms with Gasteiger partial charge in [-0.2, -0.15) is 0 Å². The lowest BCUT2D eigenvalue weighted by atomic mass is 9.97. The molecule has 25 heavy (non-hydrogen) atoms. The molecule has 0 radical (unpaired) electrons. The highest BCUT2D eigenvalue weighted by atomic mass is 79.9. The van der Waals surface area contributed by atoms with Gasteiger partial charge in [0, 0.05) is 22.6 Å². The maximum absolute atomic E-state index is 13.0. The van der Waals surface area contributed by atoms with Crippen LogP contribution in [-0.4, -0.2) is 24.5 Å². The van der Waals surface area contributed by atoms with E-state index in [2.05, 4.69) is 15.9 Å². The quantitative estimate of drug-likeness (QED) is 0.565. The number of nitrogens with zero attached hydrogens (tertiary/aromatic N) is 2. The van der Waals surface area contributed by atoms with Gasteiger partial charge in [0.25, 0.3) is 5.91 Å². The first-order valence-electron chi connectivity index (χ1n) is 7.85. The Morgan fingerprint density at radius 1 is 1.32 bits per heavy atom. The van der Waals surface area contributed by atoms with Crippen molar-refractivity contribution >= 4 is 33.2 Å². The first-order chi connectivity index (χ1) is 11.9. The van der Waals surface area contributed by atoms with Crippen molar-refractivity contribution in [2.24, 2.45) is 0 Å². The standard InChI is InChI=1S/C18H17BrN2O4/c1-11-8-14(19)9-12-4-3-7-20(17(11)12)18(22)13-5-6-16(25-2)15(10-13)21(23)24/h5-6,8-10H,3-4,7H2,1-2H3. The second kappa shape index (κ2) is 6.84. The fraction of sp³-hybridized carbons (Fsp3) is 0.278.